The number of hydrogen-bond donors (Lipinski definition) is 2. The molecule has 1 saturated carbocycles. The van der Waals surface area contributed by atoms with Gasteiger partial charge in [0.2, 0.25) is 5.91 Å². The molecule has 1 aliphatic carbocycles. The van der Waals surface area contributed by atoms with Crippen molar-refractivity contribution in [1.29, 1.82) is 0 Å². The van der Waals surface area contributed by atoms with Crippen LogP contribution in [0, 0.1) is 11.8 Å². The first-order chi connectivity index (χ1) is 8.54. The highest BCUT2D eigenvalue weighted by Gasteiger charge is 2.28. The van der Waals surface area contributed by atoms with Crippen LogP contribution >= 0.6 is 0 Å². The zero-order chi connectivity index (χ0) is 13.5. The topological polar surface area (TPSA) is 64.3 Å². The molecule has 3 N–H and O–H groups in total. The van der Waals surface area contributed by atoms with E-state index in [0.29, 0.717) is 19.1 Å². The minimum absolute atomic E-state index is 0.0603. The van der Waals surface area contributed by atoms with Crippen molar-refractivity contribution < 1.29 is 9.53 Å². The minimum Gasteiger partial charge on any atom is -0.377 e. The van der Waals surface area contributed by atoms with Gasteiger partial charge in [0.15, 0.2) is 0 Å². The molecule has 1 aliphatic rings. The molecule has 1 fully saturated rings. The SMILES string of the molecule is CCOC(C)CNC(=O)C(C)C1CCCC(N)C1. The molecule has 0 bridgehead atoms. The second kappa shape index (κ2) is 7.74. The largest absolute Gasteiger partial charge is 0.377 e. The molecule has 0 aromatic heterocycles. The van der Waals surface area contributed by atoms with E-state index in [9.17, 15) is 4.79 Å². The van der Waals surface area contributed by atoms with Crippen LogP contribution in [0.3, 0.4) is 0 Å². The molecule has 18 heavy (non-hydrogen) atoms. The fourth-order valence-electron chi connectivity index (χ4n) is 2.68. The smallest absolute Gasteiger partial charge is 0.223 e. The molecule has 4 atom stereocenters. The number of nitrogens with two attached hydrogens (primary N) is 1. The summed E-state index contributed by atoms with van der Waals surface area (Å²) >= 11 is 0. The van der Waals surface area contributed by atoms with Gasteiger partial charge < -0.3 is 15.8 Å². The lowest BCUT2D eigenvalue weighted by atomic mass is 9.78. The van der Waals surface area contributed by atoms with E-state index in [-0.39, 0.29) is 24.0 Å². The molecular formula is C14H28N2O2. The fourth-order valence-corrected chi connectivity index (χ4v) is 2.68. The summed E-state index contributed by atoms with van der Waals surface area (Å²) in [5, 5.41) is 2.97. The van der Waals surface area contributed by atoms with E-state index >= 15 is 0 Å². The van der Waals surface area contributed by atoms with Gasteiger partial charge in [0.05, 0.1) is 6.10 Å². The number of carbonyl (C=O) groups excluding carboxylic acids is 1. The first kappa shape index (κ1) is 15.4. The normalized spacial score (nSPS) is 27.6. The van der Waals surface area contributed by atoms with Crippen molar-refractivity contribution in [3.63, 3.8) is 0 Å². The molecule has 0 saturated heterocycles. The molecule has 1 amide bonds. The molecule has 4 nitrogen and oxygen atoms in total. The van der Waals surface area contributed by atoms with E-state index in [1.54, 1.807) is 0 Å². The Hall–Kier alpha value is -0.610. The Morgan fingerprint density at radius 1 is 1.44 bits per heavy atom. The van der Waals surface area contributed by atoms with Gasteiger partial charge in [0.1, 0.15) is 0 Å². The van der Waals surface area contributed by atoms with Gasteiger partial charge in [0.25, 0.3) is 0 Å². The number of nitrogens with one attached hydrogen (secondary N) is 1. The van der Waals surface area contributed by atoms with Crippen LogP contribution in [0.2, 0.25) is 0 Å². The summed E-state index contributed by atoms with van der Waals surface area (Å²) in [5.74, 6) is 0.641. The first-order valence-electron chi connectivity index (χ1n) is 7.19. The van der Waals surface area contributed by atoms with Crippen LogP contribution in [0.4, 0.5) is 0 Å². The third-order valence-corrected chi connectivity index (χ3v) is 3.89. The van der Waals surface area contributed by atoms with Crippen molar-refractivity contribution in [2.45, 2.75) is 58.6 Å². The van der Waals surface area contributed by atoms with Crippen LogP contribution in [0.25, 0.3) is 0 Å². The van der Waals surface area contributed by atoms with Crippen molar-refractivity contribution in [1.82, 2.24) is 5.32 Å². The minimum atomic E-state index is 0.0603. The van der Waals surface area contributed by atoms with Gasteiger partial charge in [-0.25, -0.2) is 0 Å². The predicted octanol–water partition coefficient (Wildman–Crippen LogP) is 1.68. The van der Waals surface area contributed by atoms with Crippen LogP contribution in [0.5, 0.6) is 0 Å². The van der Waals surface area contributed by atoms with Gasteiger partial charge in [-0.15, -0.1) is 0 Å². The van der Waals surface area contributed by atoms with Gasteiger partial charge in [-0.1, -0.05) is 13.3 Å². The molecule has 0 aromatic carbocycles. The Kier molecular flexibility index (Phi) is 6.65. The lowest BCUT2D eigenvalue weighted by Gasteiger charge is -2.30. The molecule has 0 heterocycles. The lowest BCUT2D eigenvalue weighted by Crippen LogP contribution is -2.40. The van der Waals surface area contributed by atoms with Gasteiger partial charge in [0, 0.05) is 25.1 Å². The van der Waals surface area contributed by atoms with E-state index in [1.165, 1.54) is 0 Å². The van der Waals surface area contributed by atoms with E-state index < -0.39 is 0 Å². The Morgan fingerprint density at radius 3 is 2.78 bits per heavy atom. The fraction of sp³-hybridized carbons (Fsp3) is 0.929. The number of amides is 1. The Bertz CT molecular complexity index is 258. The van der Waals surface area contributed by atoms with Crippen molar-refractivity contribution in [3.8, 4) is 0 Å². The monoisotopic (exact) mass is 256 g/mol. The van der Waals surface area contributed by atoms with Gasteiger partial charge in [-0.2, -0.15) is 0 Å². The highest BCUT2D eigenvalue weighted by atomic mass is 16.5. The van der Waals surface area contributed by atoms with Gasteiger partial charge in [-0.3, -0.25) is 4.79 Å². The van der Waals surface area contributed by atoms with Crippen LogP contribution in [0.15, 0.2) is 0 Å². The zero-order valence-electron chi connectivity index (χ0n) is 11.9. The summed E-state index contributed by atoms with van der Waals surface area (Å²) in [6, 6.07) is 0.279. The quantitative estimate of drug-likeness (QED) is 0.760. The molecule has 1 rings (SSSR count). The Labute approximate surface area is 111 Å². The third-order valence-electron chi connectivity index (χ3n) is 3.89. The molecular weight excluding hydrogens is 228 g/mol. The van der Waals surface area contributed by atoms with Crippen molar-refractivity contribution in [2.24, 2.45) is 17.6 Å². The summed E-state index contributed by atoms with van der Waals surface area (Å²) in [7, 11) is 0. The summed E-state index contributed by atoms with van der Waals surface area (Å²) in [4.78, 5) is 12.1. The summed E-state index contributed by atoms with van der Waals surface area (Å²) in [6.07, 6.45) is 4.45. The first-order valence-corrected chi connectivity index (χ1v) is 7.19. The Balaban J connectivity index is 2.31. The summed E-state index contributed by atoms with van der Waals surface area (Å²) in [5.41, 5.74) is 5.97. The van der Waals surface area contributed by atoms with Crippen LogP contribution < -0.4 is 11.1 Å². The molecule has 0 aromatic rings. The van der Waals surface area contributed by atoms with Gasteiger partial charge in [-0.05, 0) is 39.0 Å². The zero-order valence-corrected chi connectivity index (χ0v) is 11.9. The lowest BCUT2D eigenvalue weighted by molar-refractivity contribution is -0.127. The Morgan fingerprint density at radius 2 is 2.17 bits per heavy atom. The molecule has 0 spiro atoms. The average molecular weight is 256 g/mol. The molecule has 0 aliphatic heterocycles. The van der Waals surface area contributed by atoms with E-state index in [4.69, 9.17) is 10.5 Å². The van der Waals surface area contributed by atoms with E-state index in [0.717, 1.165) is 25.7 Å². The predicted molar refractivity (Wildman–Crippen MR) is 73.2 cm³/mol. The number of hydrogen-bond acceptors (Lipinski definition) is 3. The van der Waals surface area contributed by atoms with Gasteiger partial charge >= 0.3 is 0 Å². The standard InChI is InChI=1S/C14H28N2O2/c1-4-18-10(2)9-16-14(17)11(3)12-6-5-7-13(15)8-12/h10-13H,4-9,15H2,1-3H3,(H,16,17). The van der Waals surface area contributed by atoms with Crippen LogP contribution in [-0.2, 0) is 9.53 Å². The van der Waals surface area contributed by atoms with E-state index in [2.05, 4.69) is 5.32 Å². The highest BCUT2D eigenvalue weighted by molar-refractivity contribution is 5.78. The molecule has 4 unspecified atom stereocenters. The number of rotatable bonds is 6. The van der Waals surface area contributed by atoms with E-state index in [1.807, 2.05) is 20.8 Å². The maximum atomic E-state index is 12.1. The van der Waals surface area contributed by atoms with Crippen molar-refractivity contribution in [3.05, 3.63) is 0 Å². The maximum Gasteiger partial charge on any atom is 0.223 e. The molecule has 4 heteroatoms. The second-order valence-corrected chi connectivity index (χ2v) is 5.49. The molecule has 106 valence electrons. The summed E-state index contributed by atoms with van der Waals surface area (Å²) in [6.45, 7) is 7.23. The third kappa shape index (κ3) is 4.94. The number of ether oxygens (including phenoxy) is 1. The van der Waals surface area contributed by atoms with Crippen LogP contribution in [-0.4, -0.2) is 31.2 Å². The number of carbonyl (C=O) groups is 1. The van der Waals surface area contributed by atoms with Crippen molar-refractivity contribution >= 4 is 5.91 Å². The van der Waals surface area contributed by atoms with Crippen LogP contribution in [0.1, 0.15) is 46.5 Å². The molecule has 0 radical (unpaired) electrons. The second-order valence-electron chi connectivity index (χ2n) is 5.49. The summed E-state index contributed by atoms with van der Waals surface area (Å²) < 4.78 is 5.40. The highest BCUT2D eigenvalue weighted by Crippen LogP contribution is 2.29. The van der Waals surface area contributed by atoms with Crippen molar-refractivity contribution in [2.75, 3.05) is 13.2 Å². The average Bonchev–Trinajstić information content (AvgIpc) is 2.35. The maximum absolute atomic E-state index is 12.1.